The fourth-order valence-corrected chi connectivity index (χ4v) is 4.54. The minimum Gasteiger partial charge on any atom is -0.486 e. The van der Waals surface area contributed by atoms with Crippen LogP contribution in [0.25, 0.3) is 11.0 Å². The molecule has 35 heavy (non-hydrogen) atoms. The summed E-state index contributed by atoms with van der Waals surface area (Å²) in [6.07, 6.45) is -0.636. The largest absolute Gasteiger partial charge is 0.486 e. The maximum Gasteiger partial charge on any atom is 0.380 e. The predicted molar refractivity (Wildman–Crippen MR) is 125 cm³/mol. The molecular formula is C25H25ClF2N2O5. The molecule has 3 aromatic rings. The number of ether oxygens (including phenoxy) is 2. The fourth-order valence-electron chi connectivity index (χ4n) is 4.36. The van der Waals surface area contributed by atoms with Gasteiger partial charge in [0.05, 0.1) is 7.41 Å². The van der Waals surface area contributed by atoms with Crippen LogP contribution in [0.3, 0.4) is 0 Å². The highest BCUT2D eigenvalue weighted by Crippen LogP contribution is 2.36. The second-order valence-electron chi connectivity index (χ2n) is 8.64. The van der Waals surface area contributed by atoms with E-state index >= 15 is 8.78 Å². The summed E-state index contributed by atoms with van der Waals surface area (Å²) in [5.41, 5.74) is 0.238. The SMILES string of the molecule is [2H][C@@](O)(c1ccc2c(c1)OCCO2)[C@@H](CN1CCCC1)NC(=O)C(F)(F)c1cc2cc(Cl)ccc2o1. The number of hydrogen-bond acceptors (Lipinski definition) is 6. The average molecular weight is 508 g/mol. The molecule has 2 aliphatic rings. The molecule has 0 aliphatic carbocycles. The van der Waals surface area contributed by atoms with E-state index in [1.54, 1.807) is 6.07 Å². The van der Waals surface area contributed by atoms with Crippen LogP contribution in [0.2, 0.25) is 5.02 Å². The summed E-state index contributed by atoms with van der Waals surface area (Å²) in [7, 11) is 0. The second-order valence-corrected chi connectivity index (χ2v) is 9.08. The van der Waals surface area contributed by atoms with Crippen molar-refractivity contribution in [3.8, 4) is 11.5 Å². The van der Waals surface area contributed by atoms with Gasteiger partial charge in [0.2, 0.25) is 0 Å². The summed E-state index contributed by atoms with van der Waals surface area (Å²) < 4.78 is 55.5. The molecule has 2 aromatic carbocycles. The molecule has 186 valence electrons. The molecule has 1 saturated heterocycles. The van der Waals surface area contributed by atoms with E-state index in [4.69, 9.17) is 26.9 Å². The van der Waals surface area contributed by atoms with Gasteiger partial charge < -0.3 is 29.2 Å². The van der Waals surface area contributed by atoms with Crippen molar-refractivity contribution in [1.29, 1.82) is 0 Å². The zero-order valence-corrected chi connectivity index (χ0v) is 19.5. The van der Waals surface area contributed by atoms with Crippen molar-refractivity contribution < 1.29 is 33.9 Å². The van der Waals surface area contributed by atoms with Crippen LogP contribution in [0.5, 0.6) is 11.5 Å². The average Bonchev–Trinajstić information content (AvgIpc) is 3.53. The van der Waals surface area contributed by atoms with Crippen molar-refractivity contribution in [3.63, 3.8) is 0 Å². The Bertz CT molecular complexity index is 1280. The maximum atomic E-state index is 15.2. The first-order valence-corrected chi connectivity index (χ1v) is 11.8. The molecule has 5 rings (SSSR count). The van der Waals surface area contributed by atoms with Gasteiger partial charge in [0.15, 0.2) is 17.3 Å². The number of amides is 1. The fraction of sp³-hybridized carbons (Fsp3) is 0.400. The first kappa shape index (κ1) is 22.6. The molecule has 1 fully saturated rings. The van der Waals surface area contributed by atoms with Crippen LogP contribution in [-0.2, 0) is 10.7 Å². The highest BCUT2D eigenvalue weighted by Gasteiger charge is 2.46. The number of likely N-dealkylation sites (tertiary alicyclic amines) is 1. The molecule has 2 atom stereocenters. The quantitative estimate of drug-likeness (QED) is 0.497. The molecular weight excluding hydrogens is 482 g/mol. The Morgan fingerprint density at radius 3 is 2.66 bits per heavy atom. The van der Waals surface area contributed by atoms with Gasteiger partial charge >= 0.3 is 5.92 Å². The van der Waals surface area contributed by atoms with E-state index in [2.05, 4.69) is 5.32 Å². The molecule has 0 unspecified atom stereocenters. The van der Waals surface area contributed by atoms with Crippen LogP contribution < -0.4 is 14.8 Å². The minimum atomic E-state index is -4.06. The molecule has 7 nitrogen and oxygen atoms in total. The van der Waals surface area contributed by atoms with Gasteiger partial charge in [-0.05, 0) is 67.9 Å². The van der Waals surface area contributed by atoms with E-state index < -0.39 is 29.7 Å². The van der Waals surface area contributed by atoms with Crippen molar-refractivity contribution in [1.82, 2.24) is 10.2 Å². The number of carbonyl (C=O) groups is 1. The van der Waals surface area contributed by atoms with Crippen LogP contribution in [0.4, 0.5) is 8.78 Å². The van der Waals surface area contributed by atoms with Gasteiger partial charge in [-0.15, -0.1) is 0 Å². The molecule has 3 heterocycles. The molecule has 1 aromatic heterocycles. The van der Waals surface area contributed by atoms with Gasteiger partial charge in [-0.3, -0.25) is 4.79 Å². The summed E-state index contributed by atoms with van der Waals surface area (Å²) in [6, 6.07) is 8.52. The first-order valence-electron chi connectivity index (χ1n) is 11.9. The Labute approximate surface area is 206 Å². The predicted octanol–water partition coefficient (Wildman–Crippen LogP) is 4.26. The maximum absolute atomic E-state index is 15.2. The number of benzene rings is 2. The molecule has 0 radical (unpaired) electrons. The standard InChI is InChI=1S/C25H25ClF2N2O5/c26-17-4-6-19-16(11-17)13-22(35-19)25(27,28)24(32)29-18(14-30-7-1-2-8-30)23(31)15-3-5-20-21(12-15)34-10-9-33-20/h3-6,11-13,18,23,31H,1-2,7-10,14H2,(H,29,32)/t18-,23-/m1/s1/i23D. The topological polar surface area (TPSA) is 84.2 Å². The molecule has 0 bridgehead atoms. The Hall–Kier alpha value is -2.88. The third-order valence-electron chi connectivity index (χ3n) is 6.19. The van der Waals surface area contributed by atoms with Crippen molar-refractivity contribution in [2.45, 2.75) is 30.9 Å². The van der Waals surface area contributed by atoms with Crippen molar-refractivity contribution >= 4 is 28.5 Å². The van der Waals surface area contributed by atoms with Crippen molar-refractivity contribution in [2.24, 2.45) is 0 Å². The number of hydrogen-bond donors (Lipinski definition) is 2. The van der Waals surface area contributed by atoms with E-state index in [1.807, 2.05) is 4.90 Å². The molecule has 2 aliphatic heterocycles. The number of alkyl halides is 2. The van der Waals surface area contributed by atoms with Gasteiger partial charge in [0, 0.05) is 17.0 Å². The number of carbonyl (C=O) groups excluding carboxylic acids is 1. The van der Waals surface area contributed by atoms with Gasteiger partial charge in [0.25, 0.3) is 5.91 Å². The minimum absolute atomic E-state index is 0.00595. The van der Waals surface area contributed by atoms with Crippen LogP contribution in [-0.4, -0.2) is 54.8 Å². The number of fused-ring (bicyclic) bond motifs is 2. The van der Waals surface area contributed by atoms with E-state index in [-0.39, 0.29) is 17.7 Å². The smallest absolute Gasteiger partial charge is 0.380 e. The third-order valence-corrected chi connectivity index (χ3v) is 6.42. The van der Waals surface area contributed by atoms with E-state index in [0.717, 1.165) is 18.9 Å². The Kier molecular flexibility index (Phi) is 6.22. The molecule has 1 amide bonds. The normalized spacial score (nSPS) is 19.3. The highest BCUT2D eigenvalue weighted by molar-refractivity contribution is 6.31. The zero-order chi connectivity index (χ0) is 25.5. The van der Waals surface area contributed by atoms with E-state index in [0.29, 0.717) is 48.2 Å². The summed E-state index contributed by atoms with van der Waals surface area (Å²) in [4.78, 5) is 14.8. The lowest BCUT2D eigenvalue weighted by Crippen LogP contribution is -2.50. The number of rotatable bonds is 7. The Balaban J connectivity index is 1.43. The molecule has 0 saturated carbocycles. The van der Waals surface area contributed by atoms with Gasteiger partial charge in [-0.2, -0.15) is 8.78 Å². The van der Waals surface area contributed by atoms with Crippen LogP contribution in [0, 0.1) is 0 Å². The van der Waals surface area contributed by atoms with Gasteiger partial charge in [0.1, 0.15) is 24.9 Å². The van der Waals surface area contributed by atoms with Crippen LogP contribution in [0.15, 0.2) is 46.9 Å². The summed E-state index contributed by atoms with van der Waals surface area (Å²) in [5, 5.41) is 14.2. The lowest BCUT2D eigenvalue weighted by molar-refractivity contribution is -0.151. The van der Waals surface area contributed by atoms with Gasteiger partial charge in [-0.1, -0.05) is 17.7 Å². The Morgan fingerprint density at radius 2 is 1.89 bits per heavy atom. The number of nitrogens with one attached hydrogen (secondary N) is 1. The number of furan rings is 1. The van der Waals surface area contributed by atoms with Crippen LogP contribution in [0.1, 0.15) is 31.6 Å². The van der Waals surface area contributed by atoms with Crippen molar-refractivity contribution in [3.05, 3.63) is 58.8 Å². The number of aliphatic hydroxyl groups is 1. The van der Waals surface area contributed by atoms with Crippen LogP contribution >= 0.6 is 11.6 Å². The Morgan fingerprint density at radius 1 is 1.14 bits per heavy atom. The summed E-state index contributed by atoms with van der Waals surface area (Å²) in [6.45, 7) is 2.02. The molecule has 10 heteroatoms. The first-order chi connectivity index (χ1) is 17.1. The number of halogens is 3. The summed E-state index contributed by atoms with van der Waals surface area (Å²) in [5.74, 6) is -5.80. The lowest BCUT2D eigenvalue weighted by Gasteiger charge is -2.30. The highest BCUT2D eigenvalue weighted by atomic mass is 35.5. The van der Waals surface area contributed by atoms with Gasteiger partial charge in [-0.25, -0.2) is 0 Å². The molecule has 2 N–H and O–H groups in total. The second kappa shape index (κ2) is 9.64. The molecule has 0 spiro atoms. The third kappa shape index (κ3) is 4.94. The van der Waals surface area contributed by atoms with Crippen molar-refractivity contribution in [2.75, 3.05) is 32.8 Å². The summed E-state index contributed by atoms with van der Waals surface area (Å²) >= 11 is 5.93. The van der Waals surface area contributed by atoms with E-state index in [9.17, 15) is 9.90 Å². The lowest BCUT2D eigenvalue weighted by atomic mass is 10.0. The van der Waals surface area contributed by atoms with E-state index in [1.165, 1.54) is 30.3 Å². The monoisotopic (exact) mass is 507 g/mol. The zero-order valence-electron chi connectivity index (χ0n) is 19.7. The number of nitrogens with zero attached hydrogens (tertiary/aromatic N) is 1.